The quantitative estimate of drug-likeness (QED) is 0.652. The smallest absolute Gasteiger partial charge is 0.255 e. The van der Waals surface area contributed by atoms with E-state index in [1.807, 2.05) is 51.1 Å². The lowest BCUT2D eigenvalue weighted by atomic mass is 10.2. The van der Waals surface area contributed by atoms with Crippen molar-refractivity contribution in [1.29, 1.82) is 0 Å². The van der Waals surface area contributed by atoms with Crippen molar-refractivity contribution in [1.82, 2.24) is 4.57 Å². The molecule has 0 saturated heterocycles. The molecule has 0 atom stereocenters. The van der Waals surface area contributed by atoms with Crippen LogP contribution >= 0.6 is 0 Å². The fraction of sp³-hybridized carbons (Fsp3) is 0.333. The third-order valence-corrected chi connectivity index (χ3v) is 3.55. The summed E-state index contributed by atoms with van der Waals surface area (Å²) >= 11 is 0. The lowest BCUT2D eigenvalue weighted by Crippen LogP contribution is -2.25. The normalized spacial score (nSPS) is 11.6. The molecule has 3 N–H and O–H groups in total. The Morgan fingerprint density at radius 2 is 1.92 bits per heavy atom. The SMILES string of the molecule is Cc1ccc(CN=C(N)Nc2ccc(OC(C)C)cc2)c(=O)n1C. The zero-order chi connectivity index (χ0) is 17.7. The van der Waals surface area contributed by atoms with Crippen LogP contribution in [0.25, 0.3) is 0 Å². The van der Waals surface area contributed by atoms with E-state index >= 15 is 0 Å². The van der Waals surface area contributed by atoms with Gasteiger partial charge in [-0.2, -0.15) is 0 Å². The van der Waals surface area contributed by atoms with E-state index in [1.54, 1.807) is 17.7 Å². The Morgan fingerprint density at radius 1 is 1.25 bits per heavy atom. The first kappa shape index (κ1) is 17.6. The molecule has 1 heterocycles. The van der Waals surface area contributed by atoms with E-state index in [0.29, 0.717) is 5.56 Å². The molecule has 0 radical (unpaired) electrons. The zero-order valence-electron chi connectivity index (χ0n) is 14.5. The van der Waals surface area contributed by atoms with Crippen molar-refractivity contribution in [2.45, 2.75) is 33.4 Å². The van der Waals surface area contributed by atoms with Crippen LogP contribution in [-0.2, 0) is 13.6 Å². The molecule has 0 bridgehead atoms. The highest BCUT2D eigenvalue weighted by atomic mass is 16.5. The molecule has 1 aromatic heterocycles. The average molecular weight is 328 g/mol. The first-order chi connectivity index (χ1) is 11.4. The summed E-state index contributed by atoms with van der Waals surface area (Å²) in [6, 6.07) is 11.1. The van der Waals surface area contributed by atoms with Crippen molar-refractivity contribution in [2.24, 2.45) is 17.8 Å². The number of anilines is 1. The van der Waals surface area contributed by atoms with Gasteiger partial charge in [-0.25, -0.2) is 4.99 Å². The molecule has 0 aliphatic rings. The number of hydrogen-bond donors (Lipinski definition) is 2. The Bertz CT molecular complexity index is 777. The third-order valence-electron chi connectivity index (χ3n) is 3.55. The van der Waals surface area contributed by atoms with Crippen LogP contribution in [0.15, 0.2) is 46.2 Å². The minimum atomic E-state index is -0.0539. The van der Waals surface area contributed by atoms with Gasteiger partial charge in [-0.1, -0.05) is 0 Å². The minimum Gasteiger partial charge on any atom is -0.491 e. The van der Waals surface area contributed by atoms with Crippen molar-refractivity contribution in [3.05, 3.63) is 58.0 Å². The van der Waals surface area contributed by atoms with Gasteiger partial charge >= 0.3 is 0 Å². The number of rotatable bonds is 5. The van der Waals surface area contributed by atoms with Gasteiger partial charge in [0.2, 0.25) is 0 Å². The maximum atomic E-state index is 12.1. The highest BCUT2D eigenvalue weighted by molar-refractivity contribution is 5.92. The summed E-state index contributed by atoms with van der Waals surface area (Å²) in [7, 11) is 1.74. The summed E-state index contributed by atoms with van der Waals surface area (Å²) in [6.45, 7) is 6.08. The van der Waals surface area contributed by atoms with Crippen LogP contribution in [0.3, 0.4) is 0 Å². The van der Waals surface area contributed by atoms with E-state index in [-0.39, 0.29) is 24.2 Å². The monoisotopic (exact) mass is 328 g/mol. The summed E-state index contributed by atoms with van der Waals surface area (Å²) in [6.07, 6.45) is 0.132. The summed E-state index contributed by atoms with van der Waals surface area (Å²) in [4.78, 5) is 16.3. The van der Waals surface area contributed by atoms with Crippen molar-refractivity contribution >= 4 is 11.6 Å². The van der Waals surface area contributed by atoms with Gasteiger partial charge in [-0.05, 0) is 57.2 Å². The lowest BCUT2D eigenvalue weighted by molar-refractivity contribution is 0.242. The molecule has 6 heteroatoms. The van der Waals surface area contributed by atoms with Crippen LogP contribution in [-0.4, -0.2) is 16.6 Å². The molecular weight excluding hydrogens is 304 g/mol. The molecule has 0 amide bonds. The van der Waals surface area contributed by atoms with E-state index in [2.05, 4.69) is 10.3 Å². The van der Waals surface area contributed by atoms with E-state index in [0.717, 1.165) is 17.1 Å². The Morgan fingerprint density at radius 3 is 2.54 bits per heavy atom. The van der Waals surface area contributed by atoms with Crippen LogP contribution in [0.5, 0.6) is 5.75 Å². The maximum Gasteiger partial charge on any atom is 0.255 e. The predicted octanol–water partition coefficient (Wildman–Crippen LogP) is 2.41. The Kier molecular flexibility index (Phi) is 5.63. The molecule has 0 spiro atoms. The summed E-state index contributed by atoms with van der Waals surface area (Å²) in [5, 5.41) is 3.00. The first-order valence-electron chi connectivity index (χ1n) is 7.86. The molecule has 0 unspecified atom stereocenters. The van der Waals surface area contributed by atoms with Crippen LogP contribution in [0, 0.1) is 6.92 Å². The van der Waals surface area contributed by atoms with Gasteiger partial charge in [0.25, 0.3) is 5.56 Å². The van der Waals surface area contributed by atoms with Crippen molar-refractivity contribution < 1.29 is 4.74 Å². The molecule has 0 saturated carbocycles. The predicted molar refractivity (Wildman–Crippen MR) is 97.6 cm³/mol. The number of nitrogens with one attached hydrogen (secondary N) is 1. The number of guanidine groups is 1. The van der Waals surface area contributed by atoms with E-state index < -0.39 is 0 Å². The minimum absolute atomic E-state index is 0.0539. The lowest BCUT2D eigenvalue weighted by Gasteiger charge is -2.11. The van der Waals surface area contributed by atoms with Gasteiger partial charge in [0.15, 0.2) is 5.96 Å². The third kappa shape index (κ3) is 4.62. The van der Waals surface area contributed by atoms with Gasteiger partial charge in [0.1, 0.15) is 5.75 Å². The number of nitrogens with zero attached hydrogens (tertiary/aromatic N) is 2. The van der Waals surface area contributed by atoms with E-state index in [1.165, 1.54) is 0 Å². The highest BCUT2D eigenvalue weighted by Crippen LogP contribution is 2.16. The number of hydrogen-bond acceptors (Lipinski definition) is 3. The van der Waals surface area contributed by atoms with Gasteiger partial charge in [-0.3, -0.25) is 4.79 Å². The van der Waals surface area contributed by atoms with Gasteiger partial charge in [0.05, 0.1) is 12.6 Å². The number of pyridine rings is 1. The molecular formula is C18H24N4O2. The fourth-order valence-electron chi connectivity index (χ4n) is 2.15. The Hall–Kier alpha value is -2.76. The van der Waals surface area contributed by atoms with E-state index in [9.17, 15) is 4.79 Å². The Labute approximate surface area is 142 Å². The number of aliphatic imine (C=N–C) groups is 1. The Balaban J connectivity index is 2.02. The van der Waals surface area contributed by atoms with Crippen LogP contribution in [0.1, 0.15) is 25.1 Å². The number of ether oxygens (including phenoxy) is 1. The summed E-state index contributed by atoms with van der Waals surface area (Å²) < 4.78 is 7.19. The second kappa shape index (κ2) is 7.68. The molecule has 0 fully saturated rings. The van der Waals surface area contributed by atoms with Gasteiger partial charge in [0, 0.05) is 24.0 Å². The number of nitrogens with two attached hydrogens (primary N) is 1. The molecule has 0 aliphatic heterocycles. The van der Waals surface area contributed by atoms with Crippen LogP contribution in [0.2, 0.25) is 0 Å². The van der Waals surface area contributed by atoms with Crippen molar-refractivity contribution in [3.8, 4) is 5.75 Å². The average Bonchev–Trinajstić information content (AvgIpc) is 2.53. The fourth-order valence-corrected chi connectivity index (χ4v) is 2.15. The second-order valence-corrected chi connectivity index (χ2v) is 5.88. The number of aromatic nitrogens is 1. The van der Waals surface area contributed by atoms with Gasteiger partial charge < -0.3 is 20.4 Å². The summed E-state index contributed by atoms with van der Waals surface area (Å²) in [5.74, 6) is 1.06. The topological polar surface area (TPSA) is 81.6 Å². The molecule has 128 valence electrons. The standard InChI is InChI=1S/C18H24N4O2/c1-12(2)24-16-9-7-15(8-10-16)21-18(19)20-11-14-6-5-13(3)22(4)17(14)23/h5-10,12H,11H2,1-4H3,(H3,19,20,21). The van der Waals surface area contributed by atoms with Crippen LogP contribution < -0.4 is 21.3 Å². The first-order valence-corrected chi connectivity index (χ1v) is 7.86. The van der Waals surface area contributed by atoms with Crippen LogP contribution in [0.4, 0.5) is 5.69 Å². The number of aryl methyl sites for hydroxylation is 1. The van der Waals surface area contributed by atoms with Crippen molar-refractivity contribution in [2.75, 3.05) is 5.32 Å². The molecule has 0 aliphatic carbocycles. The van der Waals surface area contributed by atoms with Crippen molar-refractivity contribution in [3.63, 3.8) is 0 Å². The zero-order valence-corrected chi connectivity index (χ0v) is 14.5. The molecule has 1 aromatic carbocycles. The van der Waals surface area contributed by atoms with Gasteiger partial charge in [-0.15, -0.1) is 0 Å². The molecule has 2 aromatic rings. The second-order valence-electron chi connectivity index (χ2n) is 5.88. The number of benzene rings is 1. The molecule has 2 rings (SSSR count). The largest absolute Gasteiger partial charge is 0.491 e. The summed E-state index contributed by atoms with van der Waals surface area (Å²) in [5.41, 5.74) is 8.15. The highest BCUT2D eigenvalue weighted by Gasteiger charge is 2.03. The molecule has 6 nitrogen and oxygen atoms in total. The van der Waals surface area contributed by atoms with E-state index in [4.69, 9.17) is 10.5 Å². The maximum absolute atomic E-state index is 12.1. The molecule has 24 heavy (non-hydrogen) atoms.